The van der Waals surface area contributed by atoms with Gasteiger partial charge < -0.3 is 15.2 Å². The van der Waals surface area contributed by atoms with Crippen molar-refractivity contribution >= 4 is 11.9 Å². The summed E-state index contributed by atoms with van der Waals surface area (Å²) in [6, 6.07) is 13.3. The van der Waals surface area contributed by atoms with E-state index in [1.165, 1.54) is 36.2 Å². The minimum atomic E-state index is -1.02. The Labute approximate surface area is 214 Å². The molecule has 0 saturated heterocycles. The Balaban J connectivity index is 1.15. The predicted molar refractivity (Wildman–Crippen MR) is 140 cm³/mol. The minimum Gasteiger partial charge on any atom is -0.480 e. The number of pyridine rings is 1. The number of benzene rings is 1. The summed E-state index contributed by atoms with van der Waals surface area (Å²) in [5.74, 6) is -0.633. The van der Waals surface area contributed by atoms with Crippen LogP contribution in [0, 0.1) is 11.3 Å². The molecular weight excluding hydrogens is 452 g/mol. The highest BCUT2D eigenvalue weighted by atomic mass is 16.5. The summed E-state index contributed by atoms with van der Waals surface area (Å²) in [5.41, 5.74) is 4.28. The maximum atomic E-state index is 12.8. The second-order valence-corrected chi connectivity index (χ2v) is 11.2. The molecule has 36 heavy (non-hydrogen) atoms. The molecule has 2 aromatic rings. The average molecular weight is 493 g/mol. The molecule has 6 heteroatoms. The number of hydrogen-bond acceptors (Lipinski definition) is 4. The van der Waals surface area contributed by atoms with Gasteiger partial charge in [-0.3, -0.25) is 9.78 Å². The minimum absolute atomic E-state index is 0.186. The van der Waals surface area contributed by atoms with Crippen LogP contribution in [-0.2, 0) is 40.0 Å². The fourth-order valence-electron chi connectivity index (χ4n) is 5.31. The van der Waals surface area contributed by atoms with Crippen LogP contribution in [0.4, 0.5) is 0 Å². The molecule has 1 unspecified atom stereocenters. The van der Waals surface area contributed by atoms with Crippen molar-refractivity contribution in [3.05, 3.63) is 65.0 Å². The summed E-state index contributed by atoms with van der Waals surface area (Å²) in [6.07, 6.45) is 9.98. The van der Waals surface area contributed by atoms with Crippen molar-refractivity contribution in [1.82, 2.24) is 10.3 Å². The maximum Gasteiger partial charge on any atom is 0.326 e. The van der Waals surface area contributed by atoms with E-state index in [4.69, 9.17) is 9.72 Å². The highest BCUT2D eigenvalue weighted by molar-refractivity contribution is 5.87. The van der Waals surface area contributed by atoms with Gasteiger partial charge in [0.25, 0.3) is 0 Å². The summed E-state index contributed by atoms with van der Waals surface area (Å²) in [4.78, 5) is 29.5. The Kier molecular flexibility index (Phi) is 8.78. The zero-order valence-corrected chi connectivity index (χ0v) is 21.7. The number of nitrogens with one attached hydrogen (secondary N) is 1. The lowest BCUT2D eigenvalue weighted by molar-refractivity contribution is -0.144. The molecule has 0 spiro atoms. The summed E-state index contributed by atoms with van der Waals surface area (Å²) in [5, 5.41) is 12.4. The Hall–Kier alpha value is -2.73. The van der Waals surface area contributed by atoms with Crippen LogP contribution in [0.15, 0.2) is 42.5 Å². The van der Waals surface area contributed by atoms with E-state index in [1.807, 2.05) is 44.2 Å². The molecule has 0 radical (unpaired) electrons. The van der Waals surface area contributed by atoms with Crippen molar-refractivity contribution < 1.29 is 19.4 Å². The summed E-state index contributed by atoms with van der Waals surface area (Å²) in [7, 11) is 0. The number of carbonyl (C=O) groups is 2. The largest absolute Gasteiger partial charge is 0.480 e. The smallest absolute Gasteiger partial charge is 0.326 e. The first kappa shape index (κ1) is 26.3. The fraction of sp³-hybridized carbons (Fsp3) is 0.567. The number of aromatic nitrogens is 1. The van der Waals surface area contributed by atoms with Crippen LogP contribution in [0.2, 0.25) is 0 Å². The van der Waals surface area contributed by atoms with Gasteiger partial charge >= 0.3 is 5.97 Å². The van der Waals surface area contributed by atoms with Crippen LogP contribution in [0.3, 0.4) is 0 Å². The number of rotatable bonds is 12. The molecule has 4 rings (SSSR count). The molecular formula is C30H40N2O4. The van der Waals surface area contributed by atoms with E-state index < -0.39 is 17.4 Å². The van der Waals surface area contributed by atoms with Gasteiger partial charge in [0.15, 0.2) is 0 Å². The fourth-order valence-corrected chi connectivity index (χ4v) is 5.31. The lowest BCUT2D eigenvalue weighted by atomic mass is 9.79. The van der Waals surface area contributed by atoms with E-state index in [2.05, 4.69) is 17.4 Å². The van der Waals surface area contributed by atoms with E-state index in [9.17, 15) is 14.7 Å². The van der Waals surface area contributed by atoms with Crippen molar-refractivity contribution in [2.45, 2.75) is 90.2 Å². The lowest BCUT2D eigenvalue weighted by Gasteiger charge is -2.35. The monoisotopic (exact) mass is 492 g/mol. The first-order valence-electron chi connectivity index (χ1n) is 13.5. The first-order chi connectivity index (χ1) is 17.3. The van der Waals surface area contributed by atoms with Gasteiger partial charge in [0.05, 0.1) is 6.10 Å². The van der Waals surface area contributed by atoms with E-state index in [-0.39, 0.29) is 18.4 Å². The zero-order chi connectivity index (χ0) is 25.5. The maximum absolute atomic E-state index is 12.8. The molecule has 1 amide bonds. The van der Waals surface area contributed by atoms with E-state index in [1.54, 1.807) is 0 Å². The van der Waals surface area contributed by atoms with Crippen molar-refractivity contribution in [3.63, 3.8) is 0 Å². The second-order valence-electron chi connectivity index (χ2n) is 11.2. The molecule has 1 atom stereocenters. The lowest BCUT2D eigenvalue weighted by Crippen LogP contribution is -2.48. The number of hydrogen-bond donors (Lipinski definition) is 2. The number of carboxylic acid groups (broad SMARTS) is 1. The Morgan fingerprint density at radius 3 is 2.61 bits per heavy atom. The van der Waals surface area contributed by atoms with Crippen LogP contribution in [0.1, 0.15) is 74.9 Å². The van der Waals surface area contributed by atoms with Crippen LogP contribution in [0.25, 0.3) is 0 Å². The average Bonchev–Trinajstić information content (AvgIpc) is 2.84. The van der Waals surface area contributed by atoms with Crippen LogP contribution < -0.4 is 5.32 Å². The molecule has 1 fully saturated rings. The van der Waals surface area contributed by atoms with Gasteiger partial charge in [-0.2, -0.15) is 0 Å². The van der Waals surface area contributed by atoms with Crippen LogP contribution in [-0.4, -0.2) is 40.7 Å². The Bertz CT molecular complexity index is 1030. The molecule has 194 valence electrons. The normalized spacial score (nSPS) is 20.2. The van der Waals surface area contributed by atoms with Gasteiger partial charge in [-0.25, -0.2) is 4.79 Å². The van der Waals surface area contributed by atoms with E-state index in [0.29, 0.717) is 18.9 Å². The first-order valence-corrected chi connectivity index (χ1v) is 13.5. The SMILES string of the molecule is CC(C)(Cc1ccccc1)C(=O)NC(CCOC1CC(CCc2ccc3c(n2)CCCC3)C1)C(=O)O. The quantitative estimate of drug-likeness (QED) is 0.439. The summed E-state index contributed by atoms with van der Waals surface area (Å²) in [6.45, 7) is 4.03. The molecule has 1 aromatic carbocycles. The number of carboxylic acids is 1. The summed E-state index contributed by atoms with van der Waals surface area (Å²) >= 11 is 0. The molecule has 2 aliphatic rings. The molecule has 6 nitrogen and oxygen atoms in total. The van der Waals surface area contributed by atoms with Crippen molar-refractivity contribution in [1.29, 1.82) is 0 Å². The molecule has 1 heterocycles. The topological polar surface area (TPSA) is 88.5 Å². The van der Waals surface area contributed by atoms with Crippen LogP contribution >= 0.6 is 0 Å². The third-order valence-electron chi connectivity index (χ3n) is 7.70. The number of aliphatic carboxylic acids is 1. The number of carbonyl (C=O) groups excluding carboxylic acids is 1. The zero-order valence-electron chi connectivity index (χ0n) is 21.7. The van der Waals surface area contributed by atoms with Gasteiger partial charge in [-0.1, -0.05) is 50.2 Å². The van der Waals surface area contributed by atoms with E-state index >= 15 is 0 Å². The molecule has 2 N–H and O–H groups in total. The van der Waals surface area contributed by atoms with Crippen molar-refractivity contribution in [2.24, 2.45) is 11.3 Å². The second kappa shape index (κ2) is 12.0. The predicted octanol–water partition coefficient (Wildman–Crippen LogP) is 4.92. The molecule has 1 saturated carbocycles. The molecule has 0 aliphatic heterocycles. The summed E-state index contributed by atoms with van der Waals surface area (Å²) < 4.78 is 5.95. The van der Waals surface area contributed by atoms with Gasteiger partial charge in [-0.15, -0.1) is 0 Å². The number of nitrogens with zero attached hydrogens (tertiary/aromatic N) is 1. The number of amides is 1. The Morgan fingerprint density at radius 1 is 1.11 bits per heavy atom. The molecule has 2 aliphatic carbocycles. The highest BCUT2D eigenvalue weighted by Gasteiger charge is 2.33. The third-order valence-corrected chi connectivity index (χ3v) is 7.70. The van der Waals surface area contributed by atoms with E-state index in [0.717, 1.165) is 37.7 Å². The van der Waals surface area contributed by atoms with Gasteiger partial charge in [-0.05, 0) is 80.9 Å². The van der Waals surface area contributed by atoms with Crippen molar-refractivity contribution in [3.8, 4) is 0 Å². The third kappa shape index (κ3) is 7.16. The van der Waals surface area contributed by atoms with Crippen LogP contribution in [0.5, 0.6) is 0 Å². The highest BCUT2D eigenvalue weighted by Crippen LogP contribution is 2.34. The number of ether oxygens (including phenoxy) is 1. The van der Waals surface area contributed by atoms with Crippen molar-refractivity contribution in [2.75, 3.05) is 6.61 Å². The number of fused-ring (bicyclic) bond motifs is 1. The molecule has 1 aromatic heterocycles. The number of aryl methyl sites for hydroxylation is 3. The standard InChI is InChI=1S/C30H40N2O4/c1-30(2,20-21-8-4-3-5-9-21)29(35)32-27(28(33)34)16-17-36-25-18-22(19-25)12-14-24-15-13-23-10-6-7-11-26(23)31-24/h3-5,8-9,13,15,22,25,27H,6-7,10-12,14,16-20H2,1-2H3,(H,32,35)(H,33,34). The van der Waals surface area contributed by atoms with Gasteiger partial charge in [0, 0.05) is 29.8 Å². The molecule has 0 bridgehead atoms. The van der Waals surface area contributed by atoms with Gasteiger partial charge in [0.2, 0.25) is 5.91 Å². The Morgan fingerprint density at radius 2 is 1.86 bits per heavy atom. The van der Waals surface area contributed by atoms with Gasteiger partial charge in [0.1, 0.15) is 6.04 Å².